The third kappa shape index (κ3) is 6.23. The van der Waals surface area contributed by atoms with Gasteiger partial charge >= 0.3 is 12.1 Å². The van der Waals surface area contributed by atoms with Gasteiger partial charge in [-0.3, -0.25) is 9.88 Å². The maximum atomic E-state index is 13.6. The monoisotopic (exact) mass is 497 g/mol. The van der Waals surface area contributed by atoms with Gasteiger partial charge in [0.25, 0.3) is 0 Å². The van der Waals surface area contributed by atoms with Crippen LogP contribution in [-0.4, -0.2) is 53.7 Å². The Bertz CT molecular complexity index is 1220. The molecular weight excluding hydrogens is 471 g/mol. The second-order valence-electron chi connectivity index (χ2n) is 8.55. The second kappa shape index (κ2) is 10.8. The summed E-state index contributed by atoms with van der Waals surface area (Å²) in [5.41, 5.74) is 2.01. The van der Waals surface area contributed by atoms with Gasteiger partial charge < -0.3 is 14.7 Å². The number of halogens is 3. The number of hydrogen-bond donors (Lipinski definition) is 1. The van der Waals surface area contributed by atoms with E-state index in [0.29, 0.717) is 55.0 Å². The van der Waals surface area contributed by atoms with E-state index in [-0.39, 0.29) is 12.4 Å². The van der Waals surface area contributed by atoms with Crippen LogP contribution in [0.15, 0.2) is 73.6 Å². The van der Waals surface area contributed by atoms with Gasteiger partial charge in [0.05, 0.1) is 17.3 Å². The van der Waals surface area contributed by atoms with E-state index in [1.807, 2.05) is 12.1 Å². The maximum absolute atomic E-state index is 13.6. The van der Waals surface area contributed by atoms with Crippen LogP contribution < -0.4 is 4.90 Å². The van der Waals surface area contributed by atoms with Crippen LogP contribution in [0.3, 0.4) is 0 Å². The van der Waals surface area contributed by atoms with E-state index in [2.05, 4.69) is 21.4 Å². The number of ether oxygens (including phenoxy) is 1. The number of piperazine rings is 1. The van der Waals surface area contributed by atoms with Crippen LogP contribution in [0.2, 0.25) is 0 Å². The zero-order valence-corrected chi connectivity index (χ0v) is 19.5. The number of benzene rings is 2. The second-order valence-corrected chi connectivity index (χ2v) is 8.55. The number of aromatic nitrogens is 1. The molecule has 2 heterocycles. The molecule has 1 aromatic heterocycles. The minimum absolute atomic E-state index is 0.107. The molecule has 0 bridgehead atoms. The third-order valence-corrected chi connectivity index (χ3v) is 5.96. The van der Waals surface area contributed by atoms with Gasteiger partial charge in [-0.05, 0) is 59.7 Å². The first kappa shape index (κ1) is 25.2. The lowest BCUT2D eigenvalue weighted by Gasteiger charge is -2.36. The van der Waals surface area contributed by atoms with Crippen molar-refractivity contribution in [1.82, 2.24) is 9.88 Å². The molecule has 0 amide bonds. The Labute approximate surface area is 207 Å². The Balaban J connectivity index is 1.43. The summed E-state index contributed by atoms with van der Waals surface area (Å²) in [5.74, 6) is -0.516. The SMILES string of the molecule is C=CCOC(=O)c1ccc(N2CCN(Cc3cc(-c4cncc(O)c4)cc(C(F)(F)F)c3)CC2)cc1. The van der Waals surface area contributed by atoms with Crippen LogP contribution in [-0.2, 0) is 17.5 Å². The normalized spacial score (nSPS) is 14.5. The third-order valence-electron chi connectivity index (χ3n) is 5.96. The van der Waals surface area contributed by atoms with Crippen molar-refractivity contribution < 1.29 is 27.8 Å². The molecule has 1 aliphatic rings. The van der Waals surface area contributed by atoms with Crippen molar-refractivity contribution in [3.05, 3.63) is 90.3 Å². The van der Waals surface area contributed by atoms with Crippen LogP contribution in [0.5, 0.6) is 5.75 Å². The number of carbonyl (C=O) groups is 1. The lowest BCUT2D eigenvalue weighted by Crippen LogP contribution is -2.46. The Morgan fingerprint density at radius 2 is 1.75 bits per heavy atom. The molecule has 0 radical (unpaired) electrons. The molecular formula is C27H26F3N3O3. The van der Waals surface area contributed by atoms with Gasteiger partial charge in [0.1, 0.15) is 12.4 Å². The molecule has 6 nitrogen and oxygen atoms in total. The van der Waals surface area contributed by atoms with E-state index < -0.39 is 17.7 Å². The summed E-state index contributed by atoms with van der Waals surface area (Å²) in [5, 5.41) is 9.71. The molecule has 1 fully saturated rings. The maximum Gasteiger partial charge on any atom is 0.416 e. The largest absolute Gasteiger partial charge is 0.506 e. The number of nitrogens with zero attached hydrogens (tertiary/aromatic N) is 3. The minimum atomic E-state index is -4.49. The molecule has 0 unspecified atom stereocenters. The molecule has 1 N–H and O–H groups in total. The molecule has 1 saturated heterocycles. The Hall–Kier alpha value is -3.85. The highest BCUT2D eigenvalue weighted by Crippen LogP contribution is 2.34. The van der Waals surface area contributed by atoms with Crippen LogP contribution in [0.4, 0.5) is 18.9 Å². The predicted octanol–water partition coefficient (Wildman–Crippen LogP) is 5.14. The fourth-order valence-corrected chi connectivity index (χ4v) is 4.15. The first-order chi connectivity index (χ1) is 17.2. The zero-order valence-electron chi connectivity index (χ0n) is 19.5. The highest BCUT2D eigenvalue weighted by atomic mass is 19.4. The minimum Gasteiger partial charge on any atom is -0.506 e. The quantitative estimate of drug-likeness (QED) is 0.360. The molecule has 4 rings (SSSR count). The van der Waals surface area contributed by atoms with Crippen molar-refractivity contribution in [3.63, 3.8) is 0 Å². The van der Waals surface area contributed by atoms with Gasteiger partial charge in [-0.15, -0.1) is 0 Å². The molecule has 9 heteroatoms. The summed E-state index contributed by atoms with van der Waals surface area (Å²) in [6.45, 7) is 6.77. The predicted molar refractivity (Wildman–Crippen MR) is 131 cm³/mol. The smallest absolute Gasteiger partial charge is 0.416 e. The number of carbonyl (C=O) groups excluding carboxylic acids is 1. The number of esters is 1. The van der Waals surface area contributed by atoms with Crippen LogP contribution in [0.25, 0.3) is 11.1 Å². The average Bonchev–Trinajstić information content (AvgIpc) is 2.87. The summed E-state index contributed by atoms with van der Waals surface area (Å²) < 4.78 is 45.8. The molecule has 0 saturated carbocycles. The van der Waals surface area contributed by atoms with Crippen molar-refractivity contribution in [2.75, 3.05) is 37.7 Å². The van der Waals surface area contributed by atoms with Crippen LogP contribution in [0.1, 0.15) is 21.5 Å². The van der Waals surface area contributed by atoms with E-state index >= 15 is 0 Å². The number of alkyl halides is 3. The number of pyridine rings is 1. The van der Waals surface area contributed by atoms with E-state index in [4.69, 9.17) is 4.74 Å². The summed E-state index contributed by atoms with van der Waals surface area (Å²) in [4.78, 5) is 20.1. The average molecular weight is 498 g/mol. The highest BCUT2D eigenvalue weighted by Gasteiger charge is 2.31. The lowest BCUT2D eigenvalue weighted by atomic mass is 10.00. The van der Waals surface area contributed by atoms with Gasteiger partial charge in [-0.25, -0.2) is 4.79 Å². The zero-order chi connectivity index (χ0) is 25.7. The lowest BCUT2D eigenvalue weighted by molar-refractivity contribution is -0.137. The molecule has 0 spiro atoms. The Morgan fingerprint density at radius 3 is 2.39 bits per heavy atom. The van der Waals surface area contributed by atoms with Gasteiger partial charge in [0.15, 0.2) is 0 Å². The molecule has 3 aromatic rings. The first-order valence-corrected chi connectivity index (χ1v) is 11.4. The molecule has 0 atom stereocenters. The van der Waals surface area contributed by atoms with E-state index in [9.17, 15) is 23.1 Å². The van der Waals surface area contributed by atoms with Crippen molar-refractivity contribution in [2.24, 2.45) is 0 Å². The Morgan fingerprint density at radius 1 is 1.03 bits per heavy atom. The fourth-order valence-electron chi connectivity index (χ4n) is 4.15. The van der Waals surface area contributed by atoms with Crippen molar-refractivity contribution >= 4 is 11.7 Å². The number of rotatable bonds is 7. The topological polar surface area (TPSA) is 65.9 Å². The van der Waals surface area contributed by atoms with E-state index in [0.717, 1.165) is 11.8 Å². The molecule has 36 heavy (non-hydrogen) atoms. The number of aromatic hydroxyl groups is 1. The van der Waals surface area contributed by atoms with E-state index in [1.165, 1.54) is 30.6 Å². The standard InChI is InChI=1S/C27H26F3N3O3/c1-2-11-36-26(35)20-3-5-24(6-4-20)33-9-7-32(8-10-33)18-19-12-21(14-23(13-19)27(28,29)30)22-15-25(34)17-31-16-22/h2-6,12-17,34H,1,7-11,18H2. The molecule has 0 aliphatic carbocycles. The van der Waals surface area contributed by atoms with Crippen LogP contribution in [0, 0.1) is 0 Å². The van der Waals surface area contributed by atoms with E-state index in [1.54, 1.807) is 18.2 Å². The van der Waals surface area contributed by atoms with Crippen molar-refractivity contribution in [2.45, 2.75) is 12.7 Å². The van der Waals surface area contributed by atoms with Gasteiger partial charge in [0.2, 0.25) is 0 Å². The van der Waals surface area contributed by atoms with Crippen molar-refractivity contribution in [3.8, 4) is 16.9 Å². The summed E-state index contributed by atoms with van der Waals surface area (Å²) >= 11 is 0. The Kier molecular flexibility index (Phi) is 7.59. The van der Waals surface area contributed by atoms with Crippen molar-refractivity contribution in [1.29, 1.82) is 0 Å². The highest BCUT2D eigenvalue weighted by molar-refractivity contribution is 5.89. The number of anilines is 1. The fraction of sp³-hybridized carbons (Fsp3) is 0.259. The summed E-state index contributed by atoms with van der Waals surface area (Å²) in [7, 11) is 0. The summed E-state index contributed by atoms with van der Waals surface area (Å²) in [6, 6.07) is 12.5. The number of hydrogen-bond acceptors (Lipinski definition) is 6. The summed E-state index contributed by atoms with van der Waals surface area (Å²) in [6.07, 6.45) is -0.310. The van der Waals surface area contributed by atoms with Gasteiger partial charge in [0, 0.05) is 50.2 Å². The van der Waals surface area contributed by atoms with Gasteiger partial charge in [-0.2, -0.15) is 13.2 Å². The first-order valence-electron chi connectivity index (χ1n) is 11.4. The molecule has 2 aromatic carbocycles. The molecule has 188 valence electrons. The van der Waals surface area contributed by atoms with Gasteiger partial charge in [-0.1, -0.05) is 12.7 Å². The van der Waals surface area contributed by atoms with Crippen LogP contribution >= 0.6 is 0 Å². The molecule has 1 aliphatic heterocycles.